The lowest BCUT2D eigenvalue weighted by molar-refractivity contribution is 0.511. The van der Waals surface area contributed by atoms with Crippen LogP contribution < -0.4 is 5.56 Å². The Balaban J connectivity index is 1.70. The van der Waals surface area contributed by atoms with E-state index in [1.54, 1.807) is 12.1 Å². The summed E-state index contributed by atoms with van der Waals surface area (Å²) in [5.41, 5.74) is 0.905. The predicted octanol–water partition coefficient (Wildman–Crippen LogP) is 1.14. The van der Waals surface area contributed by atoms with Crippen LogP contribution >= 0.6 is 0 Å². The Kier molecular flexibility index (Phi) is 3.68. The van der Waals surface area contributed by atoms with Gasteiger partial charge in [-0.05, 0) is 24.1 Å². The summed E-state index contributed by atoms with van der Waals surface area (Å²) in [6.45, 7) is 0.269. The van der Waals surface area contributed by atoms with Crippen molar-refractivity contribution in [1.82, 2.24) is 19.3 Å². The van der Waals surface area contributed by atoms with Crippen molar-refractivity contribution >= 4 is 20.9 Å². The number of benzene rings is 1. The fraction of sp³-hybridized carbons (Fsp3) is 0.312. The highest BCUT2D eigenvalue weighted by Gasteiger charge is 2.31. The fourth-order valence-corrected chi connectivity index (χ4v) is 4.79. The first-order valence-electron chi connectivity index (χ1n) is 7.80. The number of nitrogens with zero attached hydrogens (tertiary/aromatic N) is 4. The monoisotopic (exact) mass is 362 g/mol. The number of hydrogen-bond acceptors (Lipinski definition) is 5. The summed E-state index contributed by atoms with van der Waals surface area (Å²) in [7, 11) is -3.06. The second kappa shape index (κ2) is 5.76. The third-order valence-corrected chi connectivity index (χ3v) is 6.15. The average molecular weight is 362 g/mol. The molecule has 0 radical (unpaired) electrons. The van der Waals surface area contributed by atoms with Crippen LogP contribution in [0.25, 0.3) is 11.0 Å². The molecule has 0 bridgehead atoms. The normalized spacial score (nSPS) is 19.5. The summed E-state index contributed by atoms with van der Waals surface area (Å²) in [5.74, 6) is -0.192. The molecule has 1 saturated heterocycles. The van der Waals surface area contributed by atoms with E-state index in [0.717, 1.165) is 5.56 Å². The van der Waals surface area contributed by atoms with E-state index >= 15 is 0 Å². The lowest BCUT2D eigenvalue weighted by atomic mass is 10.2. The molecule has 3 heterocycles. The van der Waals surface area contributed by atoms with E-state index in [1.165, 1.54) is 33.9 Å². The molecular weight excluding hydrogens is 347 g/mol. The minimum absolute atomic E-state index is 0.0180. The molecular formula is C16H15FN4O3S. The van der Waals surface area contributed by atoms with E-state index in [1.807, 2.05) is 0 Å². The molecule has 0 aliphatic carbocycles. The Morgan fingerprint density at radius 3 is 2.68 bits per heavy atom. The van der Waals surface area contributed by atoms with Gasteiger partial charge in [0.2, 0.25) is 0 Å². The van der Waals surface area contributed by atoms with Gasteiger partial charge in [-0.3, -0.25) is 9.36 Å². The van der Waals surface area contributed by atoms with E-state index in [0.29, 0.717) is 17.5 Å². The van der Waals surface area contributed by atoms with Crippen molar-refractivity contribution < 1.29 is 12.8 Å². The van der Waals surface area contributed by atoms with E-state index < -0.39 is 9.84 Å². The van der Waals surface area contributed by atoms with Crippen LogP contribution in [0.1, 0.15) is 18.0 Å². The van der Waals surface area contributed by atoms with Crippen molar-refractivity contribution in [2.45, 2.75) is 19.0 Å². The standard InChI is InChI=1S/C16H15FN4O3S/c17-12-3-1-11(2-4-12)8-20-10-18-15-14(16(20)22)7-19-21(15)13-5-6-25(23,24)9-13/h1-4,7,10,13H,5-6,8-9H2. The smallest absolute Gasteiger partial charge is 0.264 e. The summed E-state index contributed by atoms with van der Waals surface area (Å²) < 4.78 is 39.3. The average Bonchev–Trinajstić information content (AvgIpc) is 3.15. The second-order valence-electron chi connectivity index (χ2n) is 6.19. The van der Waals surface area contributed by atoms with Gasteiger partial charge in [0.25, 0.3) is 5.56 Å². The summed E-state index contributed by atoms with van der Waals surface area (Å²) in [4.78, 5) is 16.9. The topological polar surface area (TPSA) is 86.8 Å². The maximum absolute atomic E-state index is 13.0. The van der Waals surface area contributed by atoms with Crippen LogP contribution in [0.2, 0.25) is 0 Å². The number of aromatic nitrogens is 4. The summed E-state index contributed by atoms with van der Waals surface area (Å²) in [6, 6.07) is 5.61. The minimum atomic E-state index is -3.06. The van der Waals surface area contributed by atoms with Crippen molar-refractivity contribution in [2.24, 2.45) is 0 Å². The molecule has 3 aromatic rings. The molecule has 1 fully saturated rings. The van der Waals surface area contributed by atoms with E-state index in [2.05, 4.69) is 10.1 Å². The Bertz CT molecular complexity index is 1100. The van der Waals surface area contributed by atoms with Gasteiger partial charge in [-0.2, -0.15) is 5.10 Å². The lowest BCUT2D eigenvalue weighted by Gasteiger charge is -2.10. The molecule has 1 aliphatic rings. The number of sulfone groups is 1. The second-order valence-corrected chi connectivity index (χ2v) is 8.42. The minimum Gasteiger partial charge on any atom is -0.294 e. The largest absolute Gasteiger partial charge is 0.294 e. The predicted molar refractivity (Wildman–Crippen MR) is 89.6 cm³/mol. The highest BCUT2D eigenvalue weighted by molar-refractivity contribution is 7.91. The first-order valence-corrected chi connectivity index (χ1v) is 9.63. The van der Waals surface area contributed by atoms with Gasteiger partial charge >= 0.3 is 0 Å². The van der Waals surface area contributed by atoms with Gasteiger partial charge in [0.15, 0.2) is 15.5 Å². The molecule has 1 atom stereocenters. The van der Waals surface area contributed by atoms with Crippen LogP contribution in [-0.2, 0) is 16.4 Å². The van der Waals surface area contributed by atoms with Crippen LogP contribution in [0.4, 0.5) is 4.39 Å². The van der Waals surface area contributed by atoms with Gasteiger partial charge in [-0.25, -0.2) is 22.5 Å². The molecule has 0 N–H and O–H groups in total. The zero-order valence-electron chi connectivity index (χ0n) is 13.2. The van der Waals surface area contributed by atoms with E-state index in [-0.39, 0.29) is 35.5 Å². The number of fused-ring (bicyclic) bond motifs is 1. The Morgan fingerprint density at radius 2 is 2.00 bits per heavy atom. The SMILES string of the molecule is O=c1c2cnn(C3CCS(=O)(=O)C3)c2ncn1Cc1ccc(F)cc1. The van der Waals surface area contributed by atoms with Gasteiger partial charge in [-0.15, -0.1) is 0 Å². The first kappa shape index (κ1) is 15.9. The highest BCUT2D eigenvalue weighted by atomic mass is 32.2. The molecule has 9 heteroatoms. The van der Waals surface area contributed by atoms with Crippen LogP contribution in [-0.4, -0.2) is 39.3 Å². The molecule has 1 aromatic carbocycles. The third-order valence-electron chi connectivity index (χ3n) is 4.40. The molecule has 2 aromatic heterocycles. The Hall–Kier alpha value is -2.55. The molecule has 4 rings (SSSR count). The molecule has 0 spiro atoms. The van der Waals surface area contributed by atoms with Gasteiger partial charge in [0.05, 0.1) is 30.3 Å². The van der Waals surface area contributed by atoms with Crippen LogP contribution in [0.15, 0.2) is 41.6 Å². The summed E-state index contributed by atoms with van der Waals surface area (Å²) >= 11 is 0. The molecule has 0 amide bonds. The fourth-order valence-electron chi connectivity index (χ4n) is 3.10. The molecule has 7 nitrogen and oxygen atoms in total. The zero-order chi connectivity index (χ0) is 17.6. The summed E-state index contributed by atoms with van der Waals surface area (Å²) in [6.07, 6.45) is 3.31. The van der Waals surface area contributed by atoms with Crippen molar-refractivity contribution in [2.75, 3.05) is 11.5 Å². The molecule has 1 aliphatic heterocycles. The van der Waals surface area contributed by atoms with E-state index in [9.17, 15) is 17.6 Å². The van der Waals surface area contributed by atoms with Gasteiger partial charge < -0.3 is 0 Å². The molecule has 0 saturated carbocycles. The summed E-state index contributed by atoms with van der Waals surface area (Å²) in [5, 5.41) is 4.53. The van der Waals surface area contributed by atoms with Crippen molar-refractivity contribution in [3.63, 3.8) is 0 Å². The van der Waals surface area contributed by atoms with Crippen LogP contribution in [0.5, 0.6) is 0 Å². The van der Waals surface area contributed by atoms with Crippen molar-refractivity contribution in [3.05, 3.63) is 58.5 Å². The Labute approximate surface area is 142 Å². The number of halogens is 1. The van der Waals surface area contributed by atoms with Crippen LogP contribution in [0, 0.1) is 5.82 Å². The quantitative estimate of drug-likeness (QED) is 0.697. The lowest BCUT2D eigenvalue weighted by Crippen LogP contribution is -2.21. The van der Waals surface area contributed by atoms with Crippen molar-refractivity contribution in [1.29, 1.82) is 0 Å². The van der Waals surface area contributed by atoms with Crippen LogP contribution in [0.3, 0.4) is 0 Å². The molecule has 1 unspecified atom stereocenters. The maximum atomic E-state index is 13.0. The van der Waals surface area contributed by atoms with Gasteiger partial charge in [0, 0.05) is 0 Å². The van der Waals surface area contributed by atoms with Crippen molar-refractivity contribution in [3.8, 4) is 0 Å². The highest BCUT2D eigenvalue weighted by Crippen LogP contribution is 2.25. The molecule has 25 heavy (non-hydrogen) atoms. The van der Waals surface area contributed by atoms with Gasteiger partial charge in [-0.1, -0.05) is 12.1 Å². The van der Waals surface area contributed by atoms with E-state index in [4.69, 9.17) is 0 Å². The third kappa shape index (κ3) is 2.95. The number of hydrogen-bond donors (Lipinski definition) is 0. The molecule has 130 valence electrons. The number of rotatable bonds is 3. The zero-order valence-corrected chi connectivity index (χ0v) is 14.0. The first-order chi connectivity index (χ1) is 11.9. The maximum Gasteiger partial charge on any atom is 0.264 e. The Morgan fingerprint density at radius 1 is 1.24 bits per heavy atom. The van der Waals surface area contributed by atoms with Gasteiger partial charge in [0.1, 0.15) is 17.5 Å².